The number of rotatable bonds is 5. The number of hydrogen-bond acceptors (Lipinski definition) is 5. The smallest absolute Gasteiger partial charge is 0.318 e. The van der Waals surface area contributed by atoms with Crippen LogP contribution in [0, 0.1) is 0 Å². The lowest BCUT2D eigenvalue weighted by atomic mass is 10.0. The standard InChI is InChI=1S/C17H18Cl3N5O2/c1-2-22-17(26)25-7-10-12(8-25)23-16(21)24-15(10)14-11(20)5-9(19)6-13(14)27-4-3-18/h5-6H,2-4,7-8H2,1H3,(H,22,26)(H2,21,23,24). The number of anilines is 1. The molecule has 144 valence electrons. The fourth-order valence-electron chi connectivity index (χ4n) is 2.93. The minimum absolute atomic E-state index is 0.0933. The number of nitrogens with one attached hydrogen (secondary N) is 1. The van der Waals surface area contributed by atoms with Gasteiger partial charge in [-0.3, -0.25) is 0 Å². The SMILES string of the molecule is CCNC(=O)N1Cc2nc(N)nc(-c3c(Cl)cc(Cl)cc3OCCCl)c2C1. The van der Waals surface area contributed by atoms with E-state index in [1.54, 1.807) is 17.0 Å². The van der Waals surface area contributed by atoms with Crippen LogP contribution in [0.3, 0.4) is 0 Å². The van der Waals surface area contributed by atoms with Gasteiger partial charge in [0.25, 0.3) is 0 Å². The summed E-state index contributed by atoms with van der Waals surface area (Å²) in [6.07, 6.45) is 0. The Kier molecular flexibility index (Phi) is 6.14. The fourth-order valence-corrected chi connectivity index (χ4v) is 3.57. The predicted molar refractivity (Wildman–Crippen MR) is 106 cm³/mol. The highest BCUT2D eigenvalue weighted by atomic mass is 35.5. The van der Waals surface area contributed by atoms with Gasteiger partial charge in [0.15, 0.2) is 0 Å². The van der Waals surface area contributed by atoms with Crippen LogP contribution >= 0.6 is 34.8 Å². The maximum absolute atomic E-state index is 12.2. The molecule has 0 atom stereocenters. The first kappa shape index (κ1) is 19.8. The molecule has 1 aliphatic rings. The highest BCUT2D eigenvalue weighted by Crippen LogP contribution is 2.42. The zero-order chi connectivity index (χ0) is 19.6. The second-order valence-electron chi connectivity index (χ2n) is 5.85. The largest absolute Gasteiger partial charge is 0.492 e. The van der Waals surface area contributed by atoms with Crippen molar-refractivity contribution >= 4 is 46.8 Å². The highest BCUT2D eigenvalue weighted by Gasteiger charge is 2.30. The van der Waals surface area contributed by atoms with E-state index in [4.69, 9.17) is 45.3 Å². The summed E-state index contributed by atoms with van der Waals surface area (Å²) in [7, 11) is 0. The Morgan fingerprint density at radius 1 is 1.33 bits per heavy atom. The number of urea groups is 1. The normalized spacial score (nSPS) is 12.8. The van der Waals surface area contributed by atoms with Crippen molar-refractivity contribution in [2.75, 3.05) is 24.8 Å². The third kappa shape index (κ3) is 4.15. The van der Waals surface area contributed by atoms with Crippen LogP contribution in [0.1, 0.15) is 18.2 Å². The summed E-state index contributed by atoms with van der Waals surface area (Å²) in [4.78, 5) is 22.5. The maximum atomic E-state index is 12.2. The van der Waals surface area contributed by atoms with Crippen LogP contribution in [0.4, 0.5) is 10.7 Å². The Balaban J connectivity index is 2.09. The summed E-state index contributed by atoms with van der Waals surface area (Å²) in [6, 6.07) is 3.07. The van der Waals surface area contributed by atoms with E-state index in [1.165, 1.54) is 0 Å². The molecular formula is C17H18Cl3N5O2. The van der Waals surface area contributed by atoms with Crippen molar-refractivity contribution in [3.8, 4) is 17.0 Å². The Bertz CT molecular complexity index is 878. The van der Waals surface area contributed by atoms with Gasteiger partial charge >= 0.3 is 6.03 Å². The Labute approximate surface area is 171 Å². The van der Waals surface area contributed by atoms with Gasteiger partial charge in [0.1, 0.15) is 12.4 Å². The lowest BCUT2D eigenvalue weighted by Gasteiger charge is -2.16. The van der Waals surface area contributed by atoms with E-state index in [0.29, 0.717) is 58.3 Å². The molecule has 0 saturated carbocycles. The minimum atomic E-state index is -0.180. The molecule has 0 fully saturated rings. The topological polar surface area (TPSA) is 93.4 Å². The molecule has 1 aromatic carbocycles. The first-order valence-electron chi connectivity index (χ1n) is 8.30. The van der Waals surface area contributed by atoms with Gasteiger partial charge in [0, 0.05) is 17.1 Å². The number of aromatic nitrogens is 2. The van der Waals surface area contributed by atoms with E-state index in [2.05, 4.69) is 15.3 Å². The summed E-state index contributed by atoms with van der Waals surface area (Å²) >= 11 is 18.3. The molecule has 0 bridgehead atoms. The van der Waals surface area contributed by atoms with Crippen molar-refractivity contribution in [2.24, 2.45) is 0 Å². The second kappa shape index (κ2) is 8.37. The van der Waals surface area contributed by atoms with Crippen LogP contribution in [-0.4, -0.2) is 39.9 Å². The number of hydrogen-bond donors (Lipinski definition) is 2. The van der Waals surface area contributed by atoms with E-state index >= 15 is 0 Å². The van der Waals surface area contributed by atoms with Crippen LogP contribution in [0.5, 0.6) is 5.75 Å². The van der Waals surface area contributed by atoms with Crippen LogP contribution in [0.2, 0.25) is 10.0 Å². The summed E-state index contributed by atoms with van der Waals surface area (Å²) in [5.41, 5.74) is 8.43. The second-order valence-corrected chi connectivity index (χ2v) is 7.07. The van der Waals surface area contributed by atoms with Crippen molar-refractivity contribution in [1.29, 1.82) is 0 Å². The average molecular weight is 431 g/mol. The number of fused-ring (bicyclic) bond motifs is 1. The van der Waals surface area contributed by atoms with Gasteiger partial charge in [-0.05, 0) is 19.1 Å². The van der Waals surface area contributed by atoms with Crippen LogP contribution in [0.15, 0.2) is 12.1 Å². The van der Waals surface area contributed by atoms with Crippen LogP contribution in [0.25, 0.3) is 11.3 Å². The zero-order valence-electron chi connectivity index (χ0n) is 14.6. The van der Waals surface area contributed by atoms with Gasteiger partial charge in [0.2, 0.25) is 5.95 Å². The number of nitrogens with zero attached hydrogens (tertiary/aromatic N) is 3. The summed E-state index contributed by atoms with van der Waals surface area (Å²) in [6.45, 7) is 3.34. The van der Waals surface area contributed by atoms with Gasteiger partial charge in [-0.2, -0.15) is 0 Å². The van der Waals surface area contributed by atoms with Gasteiger partial charge in [-0.1, -0.05) is 23.2 Å². The summed E-state index contributed by atoms with van der Waals surface area (Å²) in [5, 5.41) is 3.57. The maximum Gasteiger partial charge on any atom is 0.318 e. The molecular weight excluding hydrogens is 413 g/mol. The molecule has 0 saturated heterocycles. The molecule has 0 radical (unpaired) electrons. The number of carbonyl (C=O) groups excluding carboxylic acids is 1. The monoisotopic (exact) mass is 429 g/mol. The van der Waals surface area contributed by atoms with Gasteiger partial charge in [0.05, 0.1) is 40.9 Å². The van der Waals surface area contributed by atoms with Crippen LogP contribution in [-0.2, 0) is 13.1 Å². The molecule has 2 aromatic rings. The lowest BCUT2D eigenvalue weighted by Crippen LogP contribution is -2.36. The minimum Gasteiger partial charge on any atom is -0.492 e. The van der Waals surface area contributed by atoms with Crippen LogP contribution < -0.4 is 15.8 Å². The van der Waals surface area contributed by atoms with E-state index in [-0.39, 0.29) is 18.6 Å². The molecule has 3 rings (SSSR count). The predicted octanol–water partition coefficient (Wildman–Crippen LogP) is 3.70. The Morgan fingerprint density at radius 3 is 2.81 bits per heavy atom. The quantitative estimate of drug-likeness (QED) is 0.706. The van der Waals surface area contributed by atoms with Gasteiger partial charge < -0.3 is 20.7 Å². The third-order valence-corrected chi connectivity index (χ3v) is 4.68. The molecule has 0 aliphatic carbocycles. The summed E-state index contributed by atoms with van der Waals surface area (Å²) in [5.74, 6) is 0.846. The number of benzene rings is 1. The number of ether oxygens (including phenoxy) is 1. The number of nitrogens with two attached hydrogens (primary N) is 1. The molecule has 10 heteroatoms. The molecule has 1 aromatic heterocycles. The average Bonchev–Trinajstić information content (AvgIpc) is 3.03. The first-order chi connectivity index (χ1) is 12.9. The van der Waals surface area contributed by atoms with Gasteiger partial charge in [-0.25, -0.2) is 14.8 Å². The van der Waals surface area contributed by atoms with Gasteiger partial charge in [-0.15, -0.1) is 11.6 Å². The Hall–Kier alpha value is -1.96. The lowest BCUT2D eigenvalue weighted by molar-refractivity contribution is 0.199. The zero-order valence-corrected chi connectivity index (χ0v) is 16.8. The van der Waals surface area contributed by atoms with E-state index in [9.17, 15) is 4.79 Å². The number of nitrogen functional groups attached to an aromatic ring is 1. The third-order valence-electron chi connectivity index (χ3n) is 4.01. The number of amides is 2. The molecule has 2 heterocycles. The van der Waals surface area contributed by atoms with Crippen molar-refractivity contribution in [1.82, 2.24) is 20.2 Å². The molecule has 7 nitrogen and oxygen atoms in total. The van der Waals surface area contributed by atoms with Crippen molar-refractivity contribution in [2.45, 2.75) is 20.0 Å². The van der Waals surface area contributed by atoms with Crippen molar-refractivity contribution < 1.29 is 9.53 Å². The molecule has 2 amide bonds. The molecule has 0 unspecified atom stereocenters. The van der Waals surface area contributed by atoms with E-state index < -0.39 is 0 Å². The molecule has 27 heavy (non-hydrogen) atoms. The fraction of sp³-hybridized carbons (Fsp3) is 0.353. The molecule has 3 N–H and O–H groups in total. The highest BCUT2D eigenvalue weighted by molar-refractivity contribution is 6.37. The van der Waals surface area contributed by atoms with E-state index in [1.807, 2.05) is 6.92 Å². The van der Waals surface area contributed by atoms with Crippen molar-refractivity contribution in [3.63, 3.8) is 0 Å². The molecule has 0 spiro atoms. The number of halogens is 3. The summed E-state index contributed by atoms with van der Waals surface area (Å²) < 4.78 is 5.72. The number of alkyl halides is 1. The molecule has 1 aliphatic heterocycles. The number of carbonyl (C=O) groups is 1. The Morgan fingerprint density at radius 2 is 2.11 bits per heavy atom. The van der Waals surface area contributed by atoms with E-state index in [0.717, 1.165) is 5.56 Å². The van der Waals surface area contributed by atoms with Crippen molar-refractivity contribution in [3.05, 3.63) is 33.4 Å². The first-order valence-corrected chi connectivity index (χ1v) is 9.59.